The van der Waals surface area contributed by atoms with Crippen LogP contribution in [0.15, 0.2) is 47.3 Å². The number of carbonyl (C=O) groups excluding carboxylic acids is 1. The van der Waals surface area contributed by atoms with Crippen LogP contribution in [0.3, 0.4) is 0 Å². The van der Waals surface area contributed by atoms with Gasteiger partial charge in [0.1, 0.15) is 11.6 Å². The predicted molar refractivity (Wildman–Crippen MR) is 109 cm³/mol. The molecule has 4 rings (SSSR count). The van der Waals surface area contributed by atoms with Crippen molar-refractivity contribution in [2.75, 3.05) is 14.2 Å². The van der Waals surface area contributed by atoms with E-state index in [-0.39, 0.29) is 12.6 Å². The maximum absolute atomic E-state index is 12.3. The lowest BCUT2D eigenvalue weighted by molar-refractivity contribution is 0.0468. The Labute approximate surface area is 169 Å². The van der Waals surface area contributed by atoms with E-state index in [4.69, 9.17) is 14.2 Å². The van der Waals surface area contributed by atoms with Crippen molar-refractivity contribution >= 4 is 38.9 Å². The molecule has 0 N–H and O–H groups in total. The largest absolute Gasteiger partial charge is 0.493 e. The van der Waals surface area contributed by atoms with Crippen LogP contribution in [0.4, 0.5) is 0 Å². The van der Waals surface area contributed by atoms with Crippen LogP contribution >= 0.6 is 22.7 Å². The summed E-state index contributed by atoms with van der Waals surface area (Å²) in [6.45, 7) is 0.0995. The highest BCUT2D eigenvalue weighted by atomic mass is 32.1. The van der Waals surface area contributed by atoms with Crippen LogP contribution in [-0.2, 0) is 11.3 Å². The zero-order valence-corrected chi connectivity index (χ0v) is 16.8. The van der Waals surface area contributed by atoms with Gasteiger partial charge in [0.15, 0.2) is 11.5 Å². The zero-order valence-electron chi connectivity index (χ0n) is 15.2. The number of rotatable bonds is 6. The van der Waals surface area contributed by atoms with Crippen molar-refractivity contribution in [1.29, 1.82) is 0 Å². The molecular formula is C20H16N2O4S2. The summed E-state index contributed by atoms with van der Waals surface area (Å²) in [5, 5.41) is 2.64. The normalized spacial score (nSPS) is 10.8. The minimum atomic E-state index is -0.385. The molecule has 4 aromatic rings. The zero-order chi connectivity index (χ0) is 19.5. The van der Waals surface area contributed by atoms with Gasteiger partial charge in [-0.3, -0.25) is 0 Å². The molecule has 0 amide bonds. The van der Waals surface area contributed by atoms with E-state index in [2.05, 4.69) is 9.97 Å². The average molecular weight is 412 g/mol. The van der Waals surface area contributed by atoms with Crippen LogP contribution in [0.1, 0.15) is 16.1 Å². The molecule has 0 radical (unpaired) electrons. The number of hydrogen-bond acceptors (Lipinski definition) is 8. The fourth-order valence-electron chi connectivity index (χ4n) is 2.76. The van der Waals surface area contributed by atoms with E-state index in [0.717, 1.165) is 20.8 Å². The van der Waals surface area contributed by atoms with Gasteiger partial charge in [-0.15, -0.1) is 22.7 Å². The van der Waals surface area contributed by atoms with Gasteiger partial charge in [-0.05, 0) is 30.3 Å². The molecule has 142 valence electrons. The van der Waals surface area contributed by atoms with Gasteiger partial charge in [-0.2, -0.15) is 0 Å². The van der Waals surface area contributed by atoms with Gasteiger partial charge >= 0.3 is 5.97 Å². The summed E-state index contributed by atoms with van der Waals surface area (Å²) in [7, 11) is 3.19. The maximum atomic E-state index is 12.3. The average Bonchev–Trinajstić information content (AvgIpc) is 3.40. The number of carbonyl (C=O) groups is 1. The molecular weight excluding hydrogens is 396 g/mol. The van der Waals surface area contributed by atoms with E-state index in [1.165, 1.54) is 22.7 Å². The van der Waals surface area contributed by atoms with Crippen molar-refractivity contribution in [2.24, 2.45) is 0 Å². The van der Waals surface area contributed by atoms with Gasteiger partial charge in [0.2, 0.25) is 0 Å². The van der Waals surface area contributed by atoms with Crippen LogP contribution in [0.25, 0.3) is 20.8 Å². The first-order valence-electron chi connectivity index (χ1n) is 8.35. The second-order valence-corrected chi connectivity index (χ2v) is 7.54. The first-order chi connectivity index (χ1) is 13.7. The summed E-state index contributed by atoms with van der Waals surface area (Å²) in [6, 6.07) is 11.0. The topological polar surface area (TPSA) is 70.5 Å². The van der Waals surface area contributed by atoms with Crippen LogP contribution < -0.4 is 9.47 Å². The quantitative estimate of drug-likeness (QED) is 0.424. The van der Waals surface area contributed by atoms with Gasteiger partial charge in [0.25, 0.3) is 0 Å². The van der Waals surface area contributed by atoms with E-state index in [9.17, 15) is 4.79 Å². The molecule has 0 saturated heterocycles. The molecule has 0 fully saturated rings. The smallest absolute Gasteiger partial charge is 0.338 e. The molecule has 2 heterocycles. The Hall–Kier alpha value is -2.97. The van der Waals surface area contributed by atoms with E-state index in [1.54, 1.807) is 31.9 Å². The molecule has 0 aliphatic heterocycles. The third kappa shape index (κ3) is 3.56. The number of thiazole rings is 2. The Morgan fingerprint density at radius 3 is 2.82 bits per heavy atom. The molecule has 6 nitrogen and oxygen atoms in total. The van der Waals surface area contributed by atoms with Crippen molar-refractivity contribution in [3.8, 4) is 22.1 Å². The second kappa shape index (κ2) is 7.95. The number of nitrogens with zero attached hydrogens (tertiary/aromatic N) is 2. The summed E-state index contributed by atoms with van der Waals surface area (Å²) in [5.74, 6) is 0.881. The summed E-state index contributed by atoms with van der Waals surface area (Å²) in [5.41, 5.74) is 4.64. The summed E-state index contributed by atoms with van der Waals surface area (Å²) in [6.07, 6.45) is 0. The summed E-state index contributed by atoms with van der Waals surface area (Å²) >= 11 is 2.95. The van der Waals surface area contributed by atoms with Gasteiger partial charge in [-0.25, -0.2) is 14.8 Å². The van der Waals surface area contributed by atoms with E-state index in [0.29, 0.717) is 22.8 Å². The highest BCUT2D eigenvalue weighted by molar-refractivity contribution is 7.16. The Bertz CT molecular complexity index is 1140. The Morgan fingerprint density at radius 1 is 1.11 bits per heavy atom. The van der Waals surface area contributed by atoms with Crippen molar-refractivity contribution in [1.82, 2.24) is 9.97 Å². The van der Waals surface area contributed by atoms with Crippen LogP contribution in [-0.4, -0.2) is 30.2 Å². The number of esters is 1. The van der Waals surface area contributed by atoms with Gasteiger partial charge in [-0.1, -0.05) is 6.07 Å². The van der Waals surface area contributed by atoms with Crippen LogP contribution in [0.5, 0.6) is 11.5 Å². The fourth-order valence-corrected chi connectivity index (χ4v) is 4.30. The molecule has 2 aromatic carbocycles. The standard InChI is InChI=1S/C20H16N2O4S2/c1-24-16-5-3-4-14(18(16)25-2)19-22-13(10-27-19)9-26-20(23)12-6-7-15-17(8-12)28-11-21-15/h3-8,10-11H,9H2,1-2H3. The van der Waals surface area contributed by atoms with Gasteiger partial charge < -0.3 is 14.2 Å². The Balaban J connectivity index is 1.49. The fraction of sp³-hybridized carbons (Fsp3) is 0.150. The molecule has 28 heavy (non-hydrogen) atoms. The molecule has 0 atom stereocenters. The Kier molecular flexibility index (Phi) is 5.23. The molecule has 0 aliphatic rings. The van der Waals surface area contributed by atoms with Crippen LogP contribution in [0.2, 0.25) is 0 Å². The molecule has 8 heteroatoms. The third-order valence-electron chi connectivity index (χ3n) is 4.10. The van der Waals surface area contributed by atoms with E-state index >= 15 is 0 Å². The number of benzene rings is 2. The van der Waals surface area contributed by atoms with E-state index in [1.807, 2.05) is 29.6 Å². The minimum Gasteiger partial charge on any atom is -0.493 e. The lowest BCUT2D eigenvalue weighted by Gasteiger charge is -2.10. The first-order valence-corrected chi connectivity index (χ1v) is 10.1. The number of fused-ring (bicyclic) bond motifs is 1. The number of methoxy groups -OCH3 is 2. The number of ether oxygens (including phenoxy) is 3. The van der Waals surface area contributed by atoms with Gasteiger partial charge in [0.05, 0.1) is 46.8 Å². The molecule has 0 aliphatic carbocycles. The number of hydrogen-bond donors (Lipinski definition) is 0. The Morgan fingerprint density at radius 2 is 2.00 bits per heavy atom. The molecule has 0 spiro atoms. The van der Waals surface area contributed by atoms with Gasteiger partial charge in [0, 0.05) is 5.38 Å². The number of para-hydroxylation sites is 1. The van der Waals surface area contributed by atoms with Crippen molar-refractivity contribution < 1.29 is 19.0 Å². The van der Waals surface area contributed by atoms with Crippen molar-refractivity contribution in [3.05, 3.63) is 58.5 Å². The third-order valence-corrected chi connectivity index (χ3v) is 5.82. The van der Waals surface area contributed by atoms with Crippen molar-refractivity contribution in [3.63, 3.8) is 0 Å². The molecule has 2 aromatic heterocycles. The lowest BCUT2D eigenvalue weighted by atomic mass is 10.2. The molecule has 0 saturated carbocycles. The summed E-state index contributed by atoms with van der Waals surface area (Å²) < 4.78 is 17.2. The van der Waals surface area contributed by atoms with Crippen LogP contribution in [0, 0.1) is 0 Å². The molecule has 0 unspecified atom stereocenters. The molecule has 0 bridgehead atoms. The SMILES string of the molecule is COc1cccc(-c2nc(COC(=O)c3ccc4ncsc4c3)cs2)c1OC. The predicted octanol–water partition coefficient (Wildman–Crippen LogP) is 4.79. The summed E-state index contributed by atoms with van der Waals surface area (Å²) in [4.78, 5) is 21.1. The van der Waals surface area contributed by atoms with E-state index < -0.39 is 0 Å². The lowest BCUT2D eigenvalue weighted by Crippen LogP contribution is -2.05. The monoisotopic (exact) mass is 412 g/mol. The van der Waals surface area contributed by atoms with Crippen molar-refractivity contribution in [2.45, 2.75) is 6.61 Å². The minimum absolute atomic E-state index is 0.0995. The first kappa shape index (κ1) is 18.4. The highest BCUT2D eigenvalue weighted by Gasteiger charge is 2.16. The number of aromatic nitrogens is 2. The maximum Gasteiger partial charge on any atom is 0.338 e. The highest BCUT2D eigenvalue weighted by Crippen LogP contribution is 2.39. The second-order valence-electron chi connectivity index (χ2n) is 5.80.